The third-order valence-corrected chi connectivity index (χ3v) is 6.15. The van der Waals surface area contributed by atoms with E-state index in [2.05, 4.69) is 66.0 Å². The van der Waals surface area contributed by atoms with Crippen molar-refractivity contribution < 1.29 is 9.47 Å². The molecule has 0 bridgehead atoms. The topological polar surface area (TPSA) is 30.5 Å². The number of rotatable bonds is 6. The fourth-order valence-electron chi connectivity index (χ4n) is 4.78. The van der Waals surface area contributed by atoms with Gasteiger partial charge in [0.2, 0.25) is 0 Å². The van der Waals surface area contributed by atoms with E-state index in [9.17, 15) is 0 Å². The van der Waals surface area contributed by atoms with Crippen molar-refractivity contribution in [1.29, 1.82) is 0 Å². The number of hydrogen-bond acceptors (Lipinski definition) is 3. The third-order valence-electron chi connectivity index (χ3n) is 6.15. The minimum atomic E-state index is 0.182. The SMILES string of the molecule is CCOc1ccccc1C1Nc2c(OCc3ccccc3)cccc2C2C=CCC21. The molecule has 0 saturated carbocycles. The molecule has 30 heavy (non-hydrogen) atoms. The molecule has 3 nitrogen and oxygen atoms in total. The highest BCUT2D eigenvalue weighted by molar-refractivity contribution is 5.68. The predicted molar refractivity (Wildman–Crippen MR) is 121 cm³/mol. The van der Waals surface area contributed by atoms with Gasteiger partial charge in [-0.15, -0.1) is 0 Å². The van der Waals surface area contributed by atoms with E-state index in [4.69, 9.17) is 9.47 Å². The van der Waals surface area contributed by atoms with Crippen LogP contribution in [0.15, 0.2) is 84.9 Å². The zero-order chi connectivity index (χ0) is 20.3. The Morgan fingerprint density at radius 3 is 2.47 bits per heavy atom. The molecule has 1 aliphatic carbocycles. The molecule has 5 rings (SSSR count). The summed E-state index contributed by atoms with van der Waals surface area (Å²) in [6.07, 6.45) is 5.75. The van der Waals surface area contributed by atoms with Gasteiger partial charge in [0.15, 0.2) is 0 Å². The summed E-state index contributed by atoms with van der Waals surface area (Å²) >= 11 is 0. The number of nitrogens with one attached hydrogen (secondary N) is 1. The van der Waals surface area contributed by atoms with E-state index in [1.807, 2.05) is 31.2 Å². The Morgan fingerprint density at radius 1 is 0.833 bits per heavy atom. The molecule has 3 unspecified atom stereocenters. The van der Waals surface area contributed by atoms with Gasteiger partial charge in [-0.1, -0.05) is 72.8 Å². The van der Waals surface area contributed by atoms with Gasteiger partial charge in [0, 0.05) is 11.5 Å². The largest absolute Gasteiger partial charge is 0.494 e. The van der Waals surface area contributed by atoms with Crippen LogP contribution in [0.25, 0.3) is 0 Å². The molecule has 3 aromatic carbocycles. The number of para-hydroxylation sites is 2. The van der Waals surface area contributed by atoms with E-state index >= 15 is 0 Å². The number of allylic oxidation sites excluding steroid dienone is 2. The maximum absolute atomic E-state index is 6.28. The highest BCUT2D eigenvalue weighted by atomic mass is 16.5. The Labute approximate surface area is 178 Å². The fourth-order valence-corrected chi connectivity index (χ4v) is 4.78. The van der Waals surface area contributed by atoms with Gasteiger partial charge in [-0.25, -0.2) is 0 Å². The Hall–Kier alpha value is -3.20. The molecule has 3 heteroatoms. The molecular formula is C27H27NO2. The molecule has 0 saturated heterocycles. The van der Waals surface area contributed by atoms with Crippen molar-refractivity contribution in [3.05, 3.63) is 102 Å². The zero-order valence-corrected chi connectivity index (χ0v) is 17.3. The second-order valence-corrected chi connectivity index (χ2v) is 7.94. The molecule has 0 spiro atoms. The number of hydrogen-bond donors (Lipinski definition) is 1. The average molecular weight is 398 g/mol. The molecule has 0 amide bonds. The second kappa shape index (κ2) is 8.27. The predicted octanol–water partition coefficient (Wildman–Crippen LogP) is 6.49. The first kappa shape index (κ1) is 18.8. The van der Waals surface area contributed by atoms with Crippen LogP contribution in [0.1, 0.15) is 42.0 Å². The highest BCUT2D eigenvalue weighted by Gasteiger charge is 2.40. The van der Waals surface area contributed by atoms with Crippen LogP contribution in [-0.2, 0) is 6.61 Å². The van der Waals surface area contributed by atoms with E-state index in [0.29, 0.717) is 25.0 Å². The van der Waals surface area contributed by atoms with Crippen molar-refractivity contribution in [2.45, 2.75) is 31.9 Å². The lowest BCUT2D eigenvalue weighted by molar-refractivity contribution is 0.303. The smallest absolute Gasteiger partial charge is 0.143 e. The van der Waals surface area contributed by atoms with Crippen LogP contribution in [0, 0.1) is 5.92 Å². The van der Waals surface area contributed by atoms with E-state index in [-0.39, 0.29) is 6.04 Å². The van der Waals surface area contributed by atoms with Gasteiger partial charge in [-0.3, -0.25) is 0 Å². The van der Waals surface area contributed by atoms with Crippen LogP contribution < -0.4 is 14.8 Å². The van der Waals surface area contributed by atoms with E-state index in [0.717, 1.165) is 23.6 Å². The van der Waals surface area contributed by atoms with Crippen LogP contribution >= 0.6 is 0 Å². The molecule has 0 fully saturated rings. The van der Waals surface area contributed by atoms with Crippen LogP contribution in [-0.4, -0.2) is 6.61 Å². The lowest BCUT2D eigenvalue weighted by Gasteiger charge is -2.38. The molecular weight excluding hydrogens is 370 g/mol. The Bertz CT molecular complexity index is 1040. The van der Waals surface area contributed by atoms with Crippen molar-refractivity contribution in [1.82, 2.24) is 0 Å². The molecule has 1 N–H and O–H groups in total. The quantitative estimate of drug-likeness (QED) is 0.482. The maximum atomic E-state index is 6.28. The average Bonchev–Trinajstić information content (AvgIpc) is 3.29. The zero-order valence-electron chi connectivity index (χ0n) is 17.3. The Morgan fingerprint density at radius 2 is 1.60 bits per heavy atom. The summed E-state index contributed by atoms with van der Waals surface area (Å²) in [5.74, 6) is 2.74. The monoisotopic (exact) mass is 397 g/mol. The Kier molecular flexibility index (Phi) is 5.18. The van der Waals surface area contributed by atoms with Gasteiger partial charge >= 0.3 is 0 Å². The lowest BCUT2D eigenvalue weighted by atomic mass is 9.76. The summed E-state index contributed by atoms with van der Waals surface area (Å²) < 4.78 is 12.3. The normalized spacial score (nSPS) is 21.4. The van der Waals surface area contributed by atoms with Gasteiger partial charge in [0.05, 0.1) is 18.3 Å². The van der Waals surface area contributed by atoms with Crippen molar-refractivity contribution in [2.24, 2.45) is 5.92 Å². The first-order chi connectivity index (χ1) is 14.8. The summed E-state index contributed by atoms with van der Waals surface area (Å²) in [6.45, 7) is 3.26. The van der Waals surface area contributed by atoms with Crippen LogP contribution in [0.2, 0.25) is 0 Å². The van der Waals surface area contributed by atoms with Crippen molar-refractivity contribution in [2.75, 3.05) is 11.9 Å². The molecule has 3 aromatic rings. The van der Waals surface area contributed by atoms with Crippen LogP contribution in [0.5, 0.6) is 11.5 Å². The van der Waals surface area contributed by atoms with Gasteiger partial charge in [-0.2, -0.15) is 0 Å². The summed E-state index contributed by atoms with van der Waals surface area (Å²) in [6, 6.07) is 25.3. The second-order valence-electron chi connectivity index (χ2n) is 7.94. The minimum Gasteiger partial charge on any atom is -0.494 e. The molecule has 1 heterocycles. The third kappa shape index (κ3) is 3.45. The number of ether oxygens (including phenoxy) is 2. The van der Waals surface area contributed by atoms with Crippen LogP contribution in [0.3, 0.4) is 0 Å². The minimum absolute atomic E-state index is 0.182. The number of fused-ring (bicyclic) bond motifs is 3. The van der Waals surface area contributed by atoms with Gasteiger partial charge < -0.3 is 14.8 Å². The molecule has 0 aromatic heterocycles. The summed E-state index contributed by atoms with van der Waals surface area (Å²) in [5.41, 5.74) is 4.83. The first-order valence-electron chi connectivity index (χ1n) is 10.8. The Balaban J connectivity index is 1.50. The first-order valence-corrected chi connectivity index (χ1v) is 10.8. The molecule has 0 radical (unpaired) electrons. The van der Waals surface area contributed by atoms with E-state index in [1.54, 1.807) is 0 Å². The van der Waals surface area contributed by atoms with Crippen molar-refractivity contribution in [3.63, 3.8) is 0 Å². The maximum Gasteiger partial charge on any atom is 0.143 e. The lowest BCUT2D eigenvalue weighted by Crippen LogP contribution is -2.29. The van der Waals surface area contributed by atoms with E-state index < -0.39 is 0 Å². The van der Waals surface area contributed by atoms with Crippen molar-refractivity contribution >= 4 is 5.69 Å². The van der Waals surface area contributed by atoms with Gasteiger partial charge in [0.25, 0.3) is 0 Å². The molecule has 1 aliphatic heterocycles. The summed E-state index contributed by atoms with van der Waals surface area (Å²) in [5, 5.41) is 3.84. The highest BCUT2D eigenvalue weighted by Crippen LogP contribution is 2.53. The van der Waals surface area contributed by atoms with E-state index in [1.165, 1.54) is 16.7 Å². The number of anilines is 1. The van der Waals surface area contributed by atoms with Crippen molar-refractivity contribution in [3.8, 4) is 11.5 Å². The van der Waals surface area contributed by atoms with Gasteiger partial charge in [-0.05, 0) is 42.5 Å². The molecule has 152 valence electrons. The molecule has 2 aliphatic rings. The standard InChI is InChI=1S/C27H27NO2/c1-2-29-24-16-7-6-12-23(24)26-21-14-8-13-20(21)22-15-9-17-25(27(22)28-26)30-18-19-10-4-3-5-11-19/h3-13,15-17,20-21,26,28H,2,14,18H2,1H3. The van der Waals surface area contributed by atoms with Gasteiger partial charge in [0.1, 0.15) is 18.1 Å². The summed E-state index contributed by atoms with van der Waals surface area (Å²) in [4.78, 5) is 0. The number of benzene rings is 3. The van der Waals surface area contributed by atoms with Crippen LogP contribution in [0.4, 0.5) is 5.69 Å². The fraction of sp³-hybridized carbons (Fsp3) is 0.259. The molecule has 3 atom stereocenters. The summed E-state index contributed by atoms with van der Waals surface area (Å²) in [7, 11) is 0.